The maximum atomic E-state index is 13.1. The minimum absolute atomic E-state index is 0. The maximum Gasteiger partial charge on any atom is 0.408 e. The molecule has 0 aliphatic carbocycles. The van der Waals surface area contributed by atoms with Crippen LogP contribution in [0.4, 0.5) is 13.2 Å². The fourth-order valence-electron chi connectivity index (χ4n) is 2.09. The summed E-state index contributed by atoms with van der Waals surface area (Å²) < 4.78 is 39.4. The number of nitrogens with one attached hydrogen (secondary N) is 1. The molecule has 1 aliphatic rings. The van der Waals surface area contributed by atoms with Gasteiger partial charge >= 0.3 is 6.18 Å². The van der Waals surface area contributed by atoms with Crippen LogP contribution >= 0.6 is 36.2 Å². The molecule has 2 nitrogen and oxygen atoms in total. The van der Waals surface area contributed by atoms with Gasteiger partial charge in [-0.05, 0) is 19.1 Å². The molecule has 1 aromatic rings. The van der Waals surface area contributed by atoms with Crippen LogP contribution in [0.3, 0.4) is 0 Å². The van der Waals surface area contributed by atoms with Crippen LogP contribution in [-0.2, 0) is 0 Å². The van der Waals surface area contributed by atoms with Gasteiger partial charge in [0.2, 0.25) is 0 Å². The number of hydrogen-bond acceptors (Lipinski definition) is 3. The number of nitrogens with zero attached hydrogens (tertiary/aromatic N) is 1. The van der Waals surface area contributed by atoms with E-state index in [9.17, 15) is 13.2 Å². The van der Waals surface area contributed by atoms with Crippen molar-refractivity contribution in [3.63, 3.8) is 0 Å². The highest BCUT2D eigenvalue weighted by molar-refractivity contribution is 7.12. The second-order valence-electron chi connectivity index (χ2n) is 4.18. The first-order valence-corrected chi connectivity index (χ1v) is 6.38. The lowest BCUT2D eigenvalue weighted by atomic mass is 10.1. The van der Waals surface area contributed by atoms with E-state index in [2.05, 4.69) is 5.32 Å². The van der Waals surface area contributed by atoms with Gasteiger partial charge in [0.05, 0.1) is 0 Å². The normalized spacial score (nSPS) is 18.3. The van der Waals surface area contributed by atoms with Gasteiger partial charge in [-0.25, -0.2) is 0 Å². The van der Waals surface area contributed by atoms with E-state index in [4.69, 9.17) is 0 Å². The molecule has 0 unspecified atom stereocenters. The van der Waals surface area contributed by atoms with Gasteiger partial charge in [-0.2, -0.15) is 13.2 Å². The second-order valence-corrected chi connectivity index (χ2v) is 5.50. The highest BCUT2D eigenvalue weighted by Gasteiger charge is 2.45. The third kappa shape index (κ3) is 4.79. The van der Waals surface area contributed by atoms with Crippen LogP contribution in [-0.4, -0.2) is 37.3 Å². The van der Waals surface area contributed by atoms with Crippen molar-refractivity contribution in [2.24, 2.45) is 0 Å². The first kappa shape index (κ1) is 19.0. The molecule has 1 aromatic heterocycles. The minimum Gasteiger partial charge on any atom is -0.314 e. The van der Waals surface area contributed by atoms with Gasteiger partial charge in [-0.15, -0.1) is 36.2 Å². The summed E-state index contributed by atoms with van der Waals surface area (Å²) in [4.78, 5) is 2.84. The Morgan fingerprint density at radius 1 is 1.21 bits per heavy atom. The van der Waals surface area contributed by atoms with Crippen molar-refractivity contribution in [3.8, 4) is 0 Å². The Labute approximate surface area is 127 Å². The van der Waals surface area contributed by atoms with E-state index < -0.39 is 12.2 Å². The van der Waals surface area contributed by atoms with Crippen LogP contribution in [0, 0.1) is 6.92 Å². The Kier molecular flexibility index (Phi) is 7.68. The molecule has 0 aromatic carbocycles. The Morgan fingerprint density at radius 2 is 1.79 bits per heavy atom. The average Bonchev–Trinajstić information content (AvgIpc) is 2.64. The molecule has 8 heteroatoms. The standard InChI is InChI=1S/C11H15F3N2S.2ClH/c1-8-2-3-9(17-8)10(11(12,13)14)16-6-4-15-5-7-16;;/h2-3,10,15H,4-7H2,1H3;2*1H/t10-;;/m1../s1. The SMILES string of the molecule is Cc1ccc([C@@H](N2CCNCC2)C(F)(F)F)s1.Cl.Cl. The number of hydrogen-bond donors (Lipinski definition) is 1. The molecule has 1 aliphatic heterocycles. The lowest BCUT2D eigenvalue weighted by Crippen LogP contribution is -2.48. The molecule has 112 valence electrons. The topological polar surface area (TPSA) is 15.3 Å². The molecule has 0 bridgehead atoms. The largest absolute Gasteiger partial charge is 0.408 e. The molecule has 2 heterocycles. The number of aryl methyl sites for hydroxylation is 1. The summed E-state index contributed by atoms with van der Waals surface area (Å²) >= 11 is 1.23. The fourth-order valence-corrected chi connectivity index (χ4v) is 3.13. The molecular formula is C11H17Cl2F3N2S. The molecule has 0 radical (unpaired) electrons. The van der Waals surface area contributed by atoms with Gasteiger partial charge in [-0.1, -0.05) is 0 Å². The molecule has 0 saturated carbocycles. The van der Waals surface area contributed by atoms with E-state index in [1.54, 1.807) is 12.1 Å². The molecule has 1 atom stereocenters. The average molecular weight is 337 g/mol. The van der Waals surface area contributed by atoms with E-state index in [0.717, 1.165) is 4.88 Å². The van der Waals surface area contributed by atoms with E-state index in [-0.39, 0.29) is 24.8 Å². The number of halogens is 5. The van der Waals surface area contributed by atoms with Gasteiger partial charge < -0.3 is 5.32 Å². The van der Waals surface area contributed by atoms with E-state index in [1.807, 2.05) is 6.92 Å². The van der Waals surface area contributed by atoms with Gasteiger partial charge in [0.15, 0.2) is 0 Å². The third-order valence-corrected chi connectivity index (χ3v) is 3.91. The zero-order chi connectivity index (χ0) is 12.5. The monoisotopic (exact) mass is 336 g/mol. The van der Waals surface area contributed by atoms with Crippen molar-refractivity contribution in [3.05, 3.63) is 21.9 Å². The van der Waals surface area contributed by atoms with Crippen LogP contribution in [0.5, 0.6) is 0 Å². The number of thiophene rings is 1. The quantitative estimate of drug-likeness (QED) is 0.890. The van der Waals surface area contributed by atoms with E-state index in [0.29, 0.717) is 31.1 Å². The van der Waals surface area contributed by atoms with Crippen molar-refractivity contribution in [2.45, 2.75) is 19.1 Å². The maximum absolute atomic E-state index is 13.1. The summed E-state index contributed by atoms with van der Waals surface area (Å²) in [5.41, 5.74) is 0. The van der Waals surface area contributed by atoms with E-state index >= 15 is 0 Å². The van der Waals surface area contributed by atoms with Gasteiger partial charge in [-0.3, -0.25) is 4.90 Å². The summed E-state index contributed by atoms with van der Waals surface area (Å²) in [6.07, 6.45) is -4.20. The summed E-state index contributed by atoms with van der Waals surface area (Å²) in [5, 5.41) is 3.07. The van der Waals surface area contributed by atoms with Gasteiger partial charge in [0.25, 0.3) is 0 Å². The predicted octanol–water partition coefficient (Wildman–Crippen LogP) is 3.41. The van der Waals surface area contributed by atoms with Crippen molar-refractivity contribution >= 4 is 36.2 Å². The Morgan fingerprint density at radius 3 is 2.21 bits per heavy atom. The second kappa shape index (κ2) is 7.69. The first-order chi connectivity index (χ1) is 7.98. The van der Waals surface area contributed by atoms with Crippen molar-refractivity contribution < 1.29 is 13.2 Å². The van der Waals surface area contributed by atoms with E-state index in [1.165, 1.54) is 16.2 Å². The highest BCUT2D eigenvalue weighted by Crippen LogP contribution is 2.40. The molecule has 2 rings (SSSR count). The Bertz CT molecular complexity index is 378. The Balaban J connectivity index is 0.00000162. The third-order valence-electron chi connectivity index (χ3n) is 2.86. The zero-order valence-electron chi connectivity index (χ0n) is 10.4. The number of piperazine rings is 1. The van der Waals surface area contributed by atoms with Crippen molar-refractivity contribution in [2.75, 3.05) is 26.2 Å². The Hall–Kier alpha value is -0.0100. The number of alkyl halides is 3. The van der Waals surface area contributed by atoms with Crippen LogP contribution < -0.4 is 5.32 Å². The smallest absolute Gasteiger partial charge is 0.314 e. The van der Waals surface area contributed by atoms with Crippen molar-refractivity contribution in [1.29, 1.82) is 0 Å². The van der Waals surface area contributed by atoms with Crippen molar-refractivity contribution in [1.82, 2.24) is 10.2 Å². The van der Waals surface area contributed by atoms with Crippen LogP contribution in [0.15, 0.2) is 12.1 Å². The summed E-state index contributed by atoms with van der Waals surface area (Å²) in [7, 11) is 0. The number of rotatable bonds is 2. The summed E-state index contributed by atoms with van der Waals surface area (Å²) in [5.74, 6) is 0. The molecule has 19 heavy (non-hydrogen) atoms. The lowest BCUT2D eigenvalue weighted by molar-refractivity contribution is -0.186. The van der Waals surface area contributed by atoms with Gasteiger partial charge in [0, 0.05) is 35.9 Å². The lowest BCUT2D eigenvalue weighted by Gasteiger charge is -2.35. The molecule has 0 spiro atoms. The molecule has 1 fully saturated rings. The predicted molar refractivity (Wildman–Crippen MR) is 76.8 cm³/mol. The van der Waals surface area contributed by atoms with Crippen LogP contribution in [0.2, 0.25) is 0 Å². The van der Waals surface area contributed by atoms with Gasteiger partial charge in [0.1, 0.15) is 6.04 Å². The van der Waals surface area contributed by atoms with Crippen LogP contribution in [0.25, 0.3) is 0 Å². The molecular weight excluding hydrogens is 320 g/mol. The fraction of sp³-hybridized carbons (Fsp3) is 0.636. The molecule has 1 saturated heterocycles. The highest BCUT2D eigenvalue weighted by atomic mass is 35.5. The van der Waals surface area contributed by atoms with Crippen LogP contribution in [0.1, 0.15) is 15.8 Å². The molecule has 1 N–H and O–H groups in total. The minimum atomic E-state index is -4.20. The zero-order valence-corrected chi connectivity index (χ0v) is 12.8. The summed E-state index contributed by atoms with van der Waals surface area (Å²) in [6, 6.07) is 1.91. The summed E-state index contributed by atoms with van der Waals surface area (Å²) in [6.45, 7) is 3.97. The molecule has 0 amide bonds. The first-order valence-electron chi connectivity index (χ1n) is 5.56.